The van der Waals surface area contributed by atoms with Gasteiger partial charge in [0.2, 0.25) is 29.5 Å². The zero-order chi connectivity index (χ0) is 50.6. The number of nitrogens with one attached hydrogen (secondary N) is 6. The van der Waals surface area contributed by atoms with Crippen LogP contribution in [0.2, 0.25) is 0 Å². The number of nitrogens with two attached hydrogens (primary N) is 2. The zero-order valence-corrected chi connectivity index (χ0v) is 39.9. The van der Waals surface area contributed by atoms with Gasteiger partial charge in [0, 0.05) is 52.3 Å². The van der Waals surface area contributed by atoms with Crippen LogP contribution in [0.15, 0.2) is 110 Å². The molecule has 6 aliphatic rings. The van der Waals surface area contributed by atoms with E-state index in [2.05, 4.69) is 46.9 Å². The van der Waals surface area contributed by atoms with Crippen molar-refractivity contribution in [2.75, 3.05) is 45.4 Å². The van der Waals surface area contributed by atoms with Gasteiger partial charge in [-0.2, -0.15) is 0 Å². The summed E-state index contributed by atoms with van der Waals surface area (Å²) >= 11 is 0. The lowest BCUT2D eigenvalue weighted by molar-refractivity contribution is -0.121. The van der Waals surface area contributed by atoms with Crippen LogP contribution in [0, 0.1) is 0 Å². The third kappa shape index (κ3) is 8.63. The Morgan fingerprint density at radius 2 is 0.958 bits per heavy atom. The lowest BCUT2D eigenvalue weighted by atomic mass is 9.79. The van der Waals surface area contributed by atoms with Crippen LogP contribution in [0.3, 0.4) is 0 Å². The van der Waals surface area contributed by atoms with Crippen LogP contribution >= 0.6 is 0 Å². The molecule has 0 saturated heterocycles. The van der Waals surface area contributed by atoms with E-state index in [9.17, 15) is 28.8 Å². The smallest absolute Gasteiger partial charge is 0.408 e. The first kappa shape index (κ1) is 47.2. The monoisotopic (exact) mass is 967 g/mol. The molecule has 3 aliphatic heterocycles. The number of benzene rings is 3. The minimum Gasteiger partial charge on any atom is -0.444 e. The van der Waals surface area contributed by atoms with E-state index in [1.165, 1.54) is 11.1 Å². The first-order chi connectivity index (χ1) is 34.5. The molecule has 3 aromatic heterocycles. The van der Waals surface area contributed by atoms with Crippen molar-refractivity contribution in [1.29, 1.82) is 0 Å². The molecule has 0 saturated carbocycles. The van der Waals surface area contributed by atoms with Gasteiger partial charge in [-0.25, -0.2) is 19.7 Å². The number of hydrogen-bond donors (Lipinski definition) is 8. The number of rotatable bonds is 5. The lowest BCUT2D eigenvalue weighted by Crippen LogP contribution is -2.37. The maximum atomic E-state index is 12.8. The molecule has 18 heteroatoms. The van der Waals surface area contributed by atoms with Crippen molar-refractivity contribution in [1.82, 2.24) is 20.3 Å². The molecule has 3 aromatic carbocycles. The molecule has 6 aromatic rings. The summed E-state index contributed by atoms with van der Waals surface area (Å²) in [6.07, 6.45) is 8.25. The van der Waals surface area contributed by atoms with Crippen LogP contribution in [0.4, 0.5) is 39.3 Å². The average Bonchev–Trinajstić information content (AvgIpc) is 4.19. The number of aromatic nitrogens is 3. The van der Waals surface area contributed by atoms with Gasteiger partial charge in [0.1, 0.15) is 29.6 Å². The van der Waals surface area contributed by atoms with E-state index in [0.717, 1.165) is 51.1 Å². The van der Waals surface area contributed by atoms with E-state index >= 15 is 0 Å². The van der Waals surface area contributed by atoms with Crippen LogP contribution in [0.5, 0.6) is 0 Å². The van der Waals surface area contributed by atoms with Gasteiger partial charge in [-0.1, -0.05) is 36.4 Å². The molecule has 10 N–H and O–H groups in total. The van der Waals surface area contributed by atoms with Gasteiger partial charge >= 0.3 is 6.09 Å². The summed E-state index contributed by atoms with van der Waals surface area (Å²) in [4.78, 5) is 85.9. The summed E-state index contributed by atoms with van der Waals surface area (Å²) in [5.74, 6) is 1.39. The molecule has 0 bridgehead atoms. The summed E-state index contributed by atoms with van der Waals surface area (Å²) in [6.45, 7) is 5.01. The lowest BCUT2D eigenvalue weighted by Gasteiger charge is -2.20. The largest absolute Gasteiger partial charge is 0.444 e. The Kier molecular flexibility index (Phi) is 11.8. The van der Waals surface area contributed by atoms with Gasteiger partial charge in [0.25, 0.3) is 0 Å². The Bertz CT molecular complexity index is 3260. The van der Waals surface area contributed by atoms with Crippen molar-refractivity contribution >= 4 is 70.1 Å². The second-order valence-electron chi connectivity index (χ2n) is 20.0. The highest BCUT2D eigenvalue weighted by molar-refractivity contribution is 6.08. The highest BCUT2D eigenvalue weighted by Crippen LogP contribution is 2.49. The number of nitrogens with zero attached hydrogens (tertiary/aromatic N) is 3. The Morgan fingerprint density at radius 3 is 1.38 bits per heavy atom. The van der Waals surface area contributed by atoms with E-state index in [4.69, 9.17) is 16.2 Å². The molecular weight excluding hydrogens is 915 g/mol. The van der Waals surface area contributed by atoms with Crippen molar-refractivity contribution in [2.45, 2.75) is 81.1 Å². The van der Waals surface area contributed by atoms with Gasteiger partial charge in [-0.05, 0) is 147 Å². The molecular formula is C54H53N11O7. The van der Waals surface area contributed by atoms with Crippen LogP contribution in [0.1, 0.15) is 70.8 Å². The number of alkyl carbamates (subject to hydrolysis) is 1. The minimum absolute atomic E-state index is 0.00468. The second kappa shape index (κ2) is 18.0. The Balaban J connectivity index is 0.000000127. The molecule has 6 amide bonds. The third-order valence-corrected chi connectivity index (χ3v) is 14.1. The third-order valence-electron chi connectivity index (χ3n) is 14.1. The van der Waals surface area contributed by atoms with Crippen molar-refractivity contribution < 1.29 is 33.5 Å². The summed E-state index contributed by atoms with van der Waals surface area (Å²) in [5.41, 5.74) is 20.4. The van der Waals surface area contributed by atoms with Crippen LogP contribution in [-0.2, 0) is 83.5 Å². The van der Waals surface area contributed by atoms with Gasteiger partial charge in [0.05, 0.1) is 22.8 Å². The standard InChI is InChI=1S/C22H24N4O4.C17H16N4O2.C15H13N3O/c1-21(2,3)30-20(29)24-12-17(27)25-15-7-6-13-10-22(11-14(13)9-15)16-5-4-8-23-18(16)26-19(22)28;18-9-14(22)20-12-4-3-10-7-17(8-11(10)6-12)13-2-1-5-19-15(13)21-16(17)23;16-11-4-3-9-7-15(8-10(9)6-11)12-2-1-5-17-13(12)18-14(15)19/h4-9H,10-12H2,1-3H3,(H,24,29)(H,25,27)(H,23,26,28);1-6H,7-9,18H2,(H,20,22)(H,19,21,23);1-6H,7-8,16H2,(H,17,18,19). The molecule has 366 valence electrons. The van der Waals surface area contributed by atoms with Crippen molar-refractivity contribution in [3.8, 4) is 0 Å². The van der Waals surface area contributed by atoms with E-state index in [1.54, 1.807) is 45.4 Å². The minimum atomic E-state index is -0.646. The maximum absolute atomic E-state index is 12.8. The Labute approximate surface area is 414 Å². The topological polar surface area (TPSA) is 275 Å². The molecule has 6 heterocycles. The van der Waals surface area contributed by atoms with Gasteiger partial charge in [-0.15, -0.1) is 0 Å². The number of hydrogen-bond acceptors (Lipinski definition) is 12. The van der Waals surface area contributed by atoms with E-state index in [0.29, 0.717) is 60.9 Å². The fraction of sp³-hybridized carbons (Fsp3) is 0.278. The highest BCUT2D eigenvalue weighted by atomic mass is 16.6. The summed E-state index contributed by atoms with van der Waals surface area (Å²) in [5, 5.41) is 16.6. The number of fused-ring (bicyclic) bond motifs is 9. The van der Waals surface area contributed by atoms with Gasteiger partial charge in [-0.3, -0.25) is 24.0 Å². The molecule has 18 nitrogen and oxygen atoms in total. The molecule has 3 atom stereocenters. The molecule has 0 fully saturated rings. The molecule has 12 rings (SSSR count). The van der Waals surface area contributed by atoms with Crippen molar-refractivity contribution in [3.63, 3.8) is 0 Å². The number of amides is 6. The Morgan fingerprint density at radius 1 is 0.569 bits per heavy atom. The van der Waals surface area contributed by atoms with Crippen LogP contribution in [-0.4, -0.2) is 69.3 Å². The average molecular weight is 968 g/mol. The first-order valence-corrected chi connectivity index (χ1v) is 23.7. The number of anilines is 6. The normalized spacial score (nSPS) is 20.8. The zero-order valence-electron chi connectivity index (χ0n) is 39.9. The number of nitrogen functional groups attached to an aromatic ring is 1. The number of carbonyl (C=O) groups is 6. The van der Waals surface area contributed by atoms with E-state index in [-0.39, 0.29) is 42.6 Å². The highest BCUT2D eigenvalue weighted by Gasteiger charge is 2.53. The predicted molar refractivity (Wildman–Crippen MR) is 270 cm³/mol. The maximum Gasteiger partial charge on any atom is 0.408 e. The van der Waals surface area contributed by atoms with Crippen LogP contribution < -0.4 is 43.4 Å². The predicted octanol–water partition coefficient (Wildman–Crippen LogP) is 5.15. The van der Waals surface area contributed by atoms with Crippen molar-refractivity contribution in [3.05, 3.63) is 160 Å². The molecule has 3 aliphatic carbocycles. The fourth-order valence-corrected chi connectivity index (χ4v) is 10.9. The number of carbonyl (C=O) groups excluding carboxylic acids is 6. The Hall–Kier alpha value is -8.51. The SMILES string of the molecule is CC(C)(C)OC(=O)NCC(=O)Nc1ccc2c(c1)CC1(C2)C(=O)Nc2ncccc21.NCC(=O)Nc1ccc2c(c1)CC1(C2)C(=O)Nc2ncccc21.Nc1ccc2c(c1)CC1(C2)C(=O)Nc2ncccc21. The van der Waals surface area contributed by atoms with Gasteiger partial charge in [0.15, 0.2) is 0 Å². The summed E-state index contributed by atoms with van der Waals surface area (Å²) in [6, 6.07) is 28.8. The van der Waals surface area contributed by atoms with Gasteiger partial charge < -0.3 is 48.1 Å². The molecule has 3 spiro atoms. The molecule has 3 unspecified atom stereocenters. The fourth-order valence-electron chi connectivity index (χ4n) is 10.9. The number of ether oxygens (including phenoxy) is 1. The van der Waals surface area contributed by atoms with Crippen LogP contribution in [0.25, 0.3) is 0 Å². The molecule has 0 radical (unpaired) electrons. The van der Waals surface area contributed by atoms with Crippen molar-refractivity contribution in [2.24, 2.45) is 5.73 Å². The quantitative estimate of drug-likeness (QED) is 0.104. The first-order valence-electron chi connectivity index (χ1n) is 23.7. The van der Waals surface area contributed by atoms with E-state index < -0.39 is 27.9 Å². The summed E-state index contributed by atoms with van der Waals surface area (Å²) in [7, 11) is 0. The number of pyridine rings is 3. The second-order valence-corrected chi connectivity index (χ2v) is 20.0. The summed E-state index contributed by atoms with van der Waals surface area (Å²) < 4.78 is 5.12. The molecule has 72 heavy (non-hydrogen) atoms. The van der Waals surface area contributed by atoms with E-state index in [1.807, 2.05) is 84.9 Å².